The van der Waals surface area contributed by atoms with Gasteiger partial charge in [-0.3, -0.25) is 9.78 Å². The van der Waals surface area contributed by atoms with E-state index in [9.17, 15) is 14.0 Å². The minimum atomic E-state index is -0.602. The summed E-state index contributed by atoms with van der Waals surface area (Å²) in [5, 5.41) is 2.64. The SMILES string of the molecule is CC(C)(C)OC(=O)NCC1Cn2c(=O)ccc3ncc(F)c1c32. The second-order valence-electron chi connectivity index (χ2n) is 6.62. The summed E-state index contributed by atoms with van der Waals surface area (Å²) in [5.74, 6) is -0.798. The lowest BCUT2D eigenvalue weighted by Gasteiger charge is -2.20. The highest BCUT2D eigenvalue weighted by molar-refractivity contribution is 5.80. The number of carbonyl (C=O) groups excluding carboxylic acids is 1. The Labute approximate surface area is 132 Å². The maximum Gasteiger partial charge on any atom is 0.407 e. The van der Waals surface area contributed by atoms with E-state index in [0.29, 0.717) is 23.1 Å². The zero-order chi connectivity index (χ0) is 16.8. The average molecular weight is 319 g/mol. The van der Waals surface area contributed by atoms with Crippen molar-refractivity contribution in [1.29, 1.82) is 0 Å². The van der Waals surface area contributed by atoms with E-state index < -0.39 is 17.5 Å². The first-order valence-electron chi connectivity index (χ1n) is 7.41. The molecule has 1 atom stereocenters. The van der Waals surface area contributed by atoms with Gasteiger partial charge in [0.15, 0.2) is 0 Å². The van der Waals surface area contributed by atoms with Gasteiger partial charge in [0, 0.05) is 30.6 Å². The second kappa shape index (κ2) is 5.33. The number of hydrogen-bond donors (Lipinski definition) is 1. The first kappa shape index (κ1) is 15.5. The van der Waals surface area contributed by atoms with Gasteiger partial charge < -0.3 is 14.6 Å². The van der Waals surface area contributed by atoms with Crippen LogP contribution in [0.1, 0.15) is 32.3 Å². The third-order valence-corrected chi connectivity index (χ3v) is 3.69. The molecule has 0 fully saturated rings. The molecule has 0 radical (unpaired) electrons. The monoisotopic (exact) mass is 319 g/mol. The van der Waals surface area contributed by atoms with Gasteiger partial charge in [-0.15, -0.1) is 0 Å². The number of hydrogen-bond acceptors (Lipinski definition) is 4. The molecule has 0 bridgehead atoms. The summed E-state index contributed by atoms with van der Waals surface area (Å²) >= 11 is 0. The van der Waals surface area contributed by atoms with Crippen molar-refractivity contribution in [2.24, 2.45) is 0 Å². The summed E-state index contributed by atoms with van der Waals surface area (Å²) in [6, 6.07) is 3.00. The normalized spacial score (nSPS) is 16.6. The number of carbonyl (C=O) groups is 1. The zero-order valence-corrected chi connectivity index (χ0v) is 13.2. The van der Waals surface area contributed by atoms with Gasteiger partial charge >= 0.3 is 6.09 Å². The number of aromatic nitrogens is 2. The van der Waals surface area contributed by atoms with Crippen molar-refractivity contribution in [3.8, 4) is 0 Å². The van der Waals surface area contributed by atoms with Crippen LogP contribution in [-0.2, 0) is 11.3 Å². The minimum absolute atomic E-state index is 0.187. The van der Waals surface area contributed by atoms with Gasteiger partial charge in [0.2, 0.25) is 0 Å². The van der Waals surface area contributed by atoms with Crippen molar-refractivity contribution >= 4 is 17.1 Å². The largest absolute Gasteiger partial charge is 0.444 e. The predicted molar refractivity (Wildman–Crippen MR) is 82.9 cm³/mol. The molecule has 0 spiro atoms. The first-order chi connectivity index (χ1) is 10.8. The molecule has 7 heteroatoms. The molecule has 0 saturated carbocycles. The molecule has 1 aliphatic rings. The highest BCUT2D eigenvalue weighted by atomic mass is 19.1. The molecule has 3 rings (SSSR count). The maximum absolute atomic E-state index is 14.2. The van der Waals surface area contributed by atoms with E-state index in [2.05, 4.69) is 10.3 Å². The van der Waals surface area contributed by atoms with Gasteiger partial charge in [-0.2, -0.15) is 0 Å². The molecule has 1 amide bonds. The Morgan fingerprint density at radius 2 is 2.22 bits per heavy atom. The number of rotatable bonds is 2. The number of halogens is 1. The van der Waals surface area contributed by atoms with Gasteiger partial charge in [0.1, 0.15) is 11.4 Å². The Bertz CT molecular complexity index is 839. The van der Waals surface area contributed by atoms with Crippen LogP contribution in [-0.4, -0.2) is 27.8 Å². The molecule has 122 valence electrons. The van der Waals surface area contributed by atoms with E-state index in [0.717, 1.165) is 6.20 Å². The van der Waals surface area contributed by atoms with E-state index in [1.807, 2.05) is 0 Å². The topological polar surface area (TPSA) is 73.2 Å². The van der Waals surface area contributed by atoms with Crippen molar-refractivity contribution in [1.82, 2.24) is 14.9 Å². The number of nitrogens with zero attached hydrogens (tertiary/aromatic N) is 2. The van der Waals surface area contributed by atoms with Crippen LogP contribution < -0.4 is 10.9 Å². The van der Waals surface area contributed by atoms with Crippen molar-refractivity contribution < 1.29 is 13.9 Å². The Hall–Kier alpha value is -2.44. The molecule has 1 unspecified atom stereocenters. The standard InChI is InChI=1S/C16H18FN3O3/c1-16(2,3)23-15(22)19-6-9-8-20-12(21)5-4-11-14(20)13(9)10(17)7-18-11/h4-5,7,9H,6,8H2,1-3H3,(H,19,22). The van der Waals surface area contributed by atoms with Crippen molar-refractivity contribution in [2.75, 3.05) is 6.54 Å². The molecule has 1 N–H and O–H groups in total. The maximum atomic E-state index is 14.2. The van der Waals surface area contributed by atoms with Crippen molar-refractivity contribution in [3.05, 3.63) is 40.1 Å². The summed E-state index contributed by atoms with van der Waals surface area (Å²) < 4.78 is 20.9. The van der Waals surface area contributed by atoms with Crippen LogP contribution in [0, 0.1) is 5.82 Å². The molecule has 23 heavy (non-hydrogen) atoms. The molecule has 6 nitrogen and oxygen atoms in total. The molecule has 2 aromatic rings. The molecule has 0 aliphatic carbocycles. The van der Waals surface area contributed by atoms with Crippen LogP contribution in [0.5, 0.6) is 0 Å². The first-order valence-corrected chi connectivity index (χ1v) is 7.41. The summed E-state index contributed by atoms with van der Waals surface area (Å²) in [4.78, 5) is 27.8. The lowest BCUT2D eigenvalue weighted by Crippen LogP contribution is -2.35. The van der Waals surface area contributed by atoms with Crippen LogP contribution in [0.2, 0.25) is 0 Å². The fraction of sp³-hybridized carbons (Fsp3) is 0.438. The Morgan fingerprint density at radius 3 is 2.91 bits per heavy atom. The van der Waals surface area contributed by atoms with Gasteiger partial charge in [0.25, 0.3) is 5.56 Å². The van der Waals surface area contributed by atoms with E-state index in [-0.39, 0.29) is 18.0 Å². The van der Waals surface area contributed by atoms with Crippen LogP contribution in [0.25, 0.3) is 11.0 Å². The third-order valence-electron chi connectivity index (χ3n) is 3.69. The summed E-state index contributed by atoms with van der Waals surface area (Å²) in [6.45, 7) is 5.80. The van der Waals surface area contributed by atoms with Crippen molar-refractivity contribution in [2.45, 2.75) is 38.8 Å². The highest BCUT2D eigenvalue weighted by Gasteiger charge is 2.29. The summed E-state index contributed by atoms with van der Waals surface area (Å²) in [7, 11) is 0. The zero-order valence-electron chi connectivity index (χ0n) is 13.2. The fourth-order valence-corrected chi connectivity index (χ4v) is 2.83. The second-order valence-corrected chi connectivity index (χ2v) is 6.62. The van der Waals surface area contributed by atoms with E-state index in [4.69, 9.17) is 4.74 Å². The highest BCUT2D eigenvalue weighted by Crippen LogP contribution is 2.33. The van der Waals surface area contributed by atoms with Gasteiger partial charge in [-0.05, 0) is 26.8 Å². The quantitative estimate of drug-likeness (QED) is 0.920. The lowest BCUT2D eigenvalue weighted by molar-refractivity contribution is 0.0524. The number of alkyl carbamates (subject to hydrolysis) is 1. The fourth-order valence-electron chi connectivity index (χ4n) is 2.83. The van der Waals surface area contributed by atoms with E-state index in [1.54, 1.807) is 26.8 Å². The predicted octanol–water partition coefficient (Wildman–Crippen LogP) is 2.16. The molecular formula is C16H18FN3O3. The molecule has 0 aromatic carbocycles. The van der Waals surface area contributed by atoms with E-state index >= 15 is 0 Å². The van der Waals surface area contributed by atoms with Gasteiger partial charge in [-0.1, -0.05) is 0 Å². The minimum Gasteiger partial charge on any atom is -0.444 e. The Balaban J connectivity index is 1.86. The molecule has 3 heterocycles. The Kier molecular flexibility index (Phi) is 3.58. The third kappa shape index (κ3) is 2.91. The molecular weight excluding hydrogens is 301 g/mol. The lowest BCUT2D eigenvalue weighted by atomic mass is 10.0. The molecule has 1 aliphatic heterocycles. The summed E-state index contributed by atoms with van der Waals surface area (Å²) in [6.07, 6.45) is 0.588. The average Bonchev–Trinajstić information content (AvgIpc) is 2.83. The van der Waals surface area contributed by atoms with Gasteiger partial charge in [0.05, 0.1) is 17.2 Å². The number of pyridine rings is 2. The summed E-state index contributed by atoms with van der Waals surface area (Å²) in [5.41, 5.74) is 0.693. The molecule has 0 saturated heterocycles. The van der Waals surface area contributed by atoms with Gasteiger partial charge in [-0.25, -0.2) is 9.18 Å². The Morgan fingerprint density at radius 1 is 1.48 bits per heavy atom. The van der Waals surface area contributed by atoms with E-state index in [1.165, 1.54) is 10.6 Å². The smallest absolute Gasteiger partial charge is 0.407 e. The van der Waals surface area contributed by atoms with Crippen molar-refractivity contribution in [3.63, 3.8) is 0 Å². The number of ether oxygens (including phenoxy) is 1. The van der Waals surface area contributed by atoms with Crippen LogP contribution >= 0.6 is 0 Å². The van der Waals surface area contributed by atoms with Crippen LogP contribution in [0.15, 0.2) is 23.1 Å². The van der Waals surface area contributed by atoms with Crippen LogP contribution in [0.3, 0.4) is 0 Å². The molecule has 2 aromatic heterocycles. The number of nitrogens with one attached hydrogen (secondary N) is 1. The number of amides is 1. The van der Waals surface area contributed by atoms with Crippen LogP contribution in [0.4, 0.5) is 9.18 Å².